The molecule has 114 valence electrons. The van der Waals surface area contributed by atoms with Crippen LogP contribution in [-0.2, 0) is 4.79 Å². The Kier molecular flexibility index (Phi) is 4.27. The van der Waals surface area contributed by atoms with Gasteiger partial charge in [0.2, 0.25) is 5.91 Å². The Balaban J connectivity index is 1.53. The zero-order valence-corrected chi connectivity index (χ0v) is 13.0. The van der Waals surface area contributed by atoms with Crippen LogP contribution in [-0.4, -0.2) is 43.0 Å². The fraction of sp³-hybridized carbons (Fsp3) is 0.588. The lowest BCUT2D eigenvalue weighted by Gasteiger charge is -2.45. The molecule has 0 radical (unpaired) electrons. The molecule has 3 saturated heterocycles. The van der Waals surface area contributed by atoms with Crippen LogP contribution < -0.4 is 10.6 Å². The van der Waals surface area contributed by atoms with Gasteiger partial charge in [-0.2, -0.15) is 0 Å². The predicted molar refractivity (Wildman–Crippen MR) is 85.5 cm³/mol. The molecule has 1 unspecified atom stereocenters. The molecular weight excluding hydrogens is 262 g/mol. The number of carbonyl (C=O) groups excluding carboxylic acids is 1. The number of aryl methyl sites for hydroxylation is 2. The summed E-state index contributed by atoms with van der Waals surface area (Å²) in [7, 11) is 0. The SMILES string of the molecule is Cc1cccc(C)c1NC(=O)CNC1CN2CCC1CC2. The van der Waals surface area contributed by atoms with Gasteiger partial charge in [-0.05, 0) is 56.8 Å². The van der Waals surface area contributed by atoms with Crippen molar-refractivity contribution in [2.45, 2.75) is 32.7 Å². The average Bonchev–Trinajstić information content (AvgIpc) is 2.50. The molecule has 1 aromatic rings. The molecule has 4 heteroatoms. The minimum Gasteiger partial charge on any atom is -0.324 e. The van der Waals surface area contributed by atoms with E-state index >= 15 is 0 Å². The zero-order valence-electron chi connectivity index (χ0n) is 13.0. The first-order chi connectivity index (χ1) is 10.1. The van der Waals surface area contributed by atoms with E-state index in [0.29, 0.717) is 12.6 Å². The standard InChI is InChI=1S/C17H25N3O/c1-12-4-3-5-13(2)17(12)19-16(21)10-18-15-11-20-8-6-14(15)7-9-20/h3-5,14-15,18H,6-11H2,1-2H3,(H,19,21). The molecule has 2 bridgehead atoms. The number of amides is 1. The molecule has 3 aliphatic rings. The summed E-state index contributed by atoms with van der Waals surface area (Å²) in [6.07, 6.45) is 2.55. The molecule has 0 aromatic heterocycles. The highest BCUT2D eigenvalue weighted by atomic mass is 16.1. The van der Waals surface area contributed by atoms with Gasteiger partial charge in [0.05, 0.1) is 6.54 Å². The summed E-state index contributed by atoms with van der Waals surface area (Å²) in [6, 6.07) is 6.56. The van der Waals surface area contributed by atoms with E-state index in [9.17, 15) is 4.79 Å². The molecule has 2 N–H and O–H groups in total. The largest absolute Gasteiger partial charge is 0.324 e. The minimum atomic E-state index is 0.0591. The summed E-state index contributed by atoms with van der Waals surface area (Å²) in [5.74, 6) is 0.812. The lowest BCUT2D eigenvalue weighted by molar-refractivity contribution is -0.115. The fourth-order valence-electron chi connectivity index (χ4n) is 3.62. The molecule has 1 atom stereocenters. The van der Waals surface area contributed by atoms with Crippen LogP contribution in [0.25, 0.3) is 0 Å². The Morgan fingerprint density at radius 2 is 1.90 bits per heavy atom. The summed E-state index contributed by atoms with van der Waals surface area (Å²) in [4.78, 5) is 14.7. The number of carbonyl (C=O) groups is 1. The van der Waals surface area contributed by atoms with Crippen LogP contribution in [0.5, 0.6) is 0 Å². The molecule has 21 heavy (non-hydrogen) atoms. The van der Waals surface area contributed by atoms with E-state index in [0.717, 1.165) is 29.3 Å². The number of fused-ring (bicyclic) bond motifs is 3. The second kappa shape index (κ2) is 6.16. The van der Waals surface area contributed by atoms with E-state index in [1.807, 2.05) is 32.0 Å². The third kappa shape index (κ3) is 3.27. The number of para-hydroxylation sites is 1. The van der Waals surface area contributed by atoms with Crippen LogP contribution in [0.1, 0.15) is 24.0 Å². The van der Waals surface area contributed by atoms with Crippen LogP contribution in [0, 0.1) is 19.8 Å². The maximum absolute atomic E-state index is 12.2. The molecule has 4 rings (SSSR count). The quantitative estimate of drug-likeness (QED) is 0.889. The number of nitrogens with one attached hydrogen (secondary N) is 2. The highest BCUT2D eigenvalue weighted by Crippen LogP contribution is 2.27. The second-order valence-corrected chi connectivity index (χ2v) is 6.44. The number of hydrogen-bond donors (Lipinski definition) is 2. The van der Waals surface area contributed by atoms with Gasteiger partial charge in [0, 0.05) is 18.3 Å². The van der Waals surface area contributed by atoms with Gasteiger partial charge in [-0.3, -0.25) is 4.79 Å². The lowest BCUT2D eigenvalue weighted by atomic mass is 9.84. The average molecular weight is 287 g/mol. The third-order valence-electron chi connectivity index (χ3n) is 4.93. The summed E-state index contributed by atoms with van der Waals surface area (Å²) >= 11 is 0. The number of benzene rings is 1. The molecule has 0 saturated carbocycles. The summed E-state index contributed by atoms with van der Waals surface area (Å²) in [6.45, 7) is 8.03. The smallest absolute Gasteiger partial charge is 0.238 e. The fourth-order valence-corrected chi connectivity index (χ4v) is 3.62. The number of anilines is 1. The van der Waals surface area contributed by atoms with E-state index in [2.05, 4.69) is 15.5 Å². The lowest BCUT2D eigenvalue weighted by Crippen LogP contribution is -2.57. The second-order valence-electron chi connectivity index (χ2n) is 6.44. The van der Waals surface area contributed by atoms with E-state index in [-0.39, 0.29) is 5.91 Å². The van der Waals surface area contributed by atoms with Gasteiger partial charge in [-0.15, -0.1) is 0 Å². The van der Waals surface area contributed by atoms with E-state index in [1.165, 1.54) is 25.9 Å². The van der Waals surface area contributed by atoms with Crippen molar-refractivity contribution >= 4 is 11.6 Å². The Labute approximate surface area is 126 Å². The molecule has 3 heterocycles. The van der Waals surface area contributed by atoms with Crippen LogP contribution in [0.4, 0.5) is 5.69 Å². The minimum absolute atomic E-state index is 0.0591. The highest BCUT2D eigenvalue weighted by molar-refractivity contribution is 5.93. The van der Waals surface area contributed by atoms with Gasteiger partial charge in [-0.1, -0.05) is 18.2 Å². The number of nitrogens with zero attached hydrogens (tertiary/aromatic N) is 1. The number of hydrogen-bond acceptors (Lipinski definition) is 3. The third-order valence-corrected chi connectivity index (χ3v) is 4.93. The van der Waals surface area contributed by atoms with Crippen LogP contribution in [0.15, 0.2) is 18.2 Å². The molecular formula is C17H25N3O. The van der Waals surface area contributed by atoms with Crippen molar-refractivity contribution in [3.8, 4) is 0 Å². The first kappa shape index (κ1) is 14.5. The molecule has 1 aromatic carbocycles. The highest BCUT2D eigenvalue weighted by Gasteiger charge is 2.33. The topological polar surface area (TPSA) is 44.4 Å². The number of piperidine rings is 3. The van der Waals surface area contributed by atoms with Gasteiger partial charge < -0.3 is 15.5 Å². The van der Waals surface area contributed by atoms with Crippen molar-refractivity contribution in [3.63, 3.8) is 0 Å². The maximum Gasteiger partial charge on any atom is 0.238 e. The van der Waals surface area contributed by atoms with Crippen molar-refractivity contribution < 1.29 is 4.79 Å². The predicted octanol–water partition coefficient (Wildman–Crippen LogP) is 1.93. The normalized spacial score (nSPS) is 27.6. The molecule has 0 aliphatic carbocycles. The van der Waals surface area contributed by atoms with E-state index in [4.69, 9.17) is 0 Å². The van der Waals surface area contributed by atoms with E-state index < -0.39 is 0 Å². The van der Waals surface area contributed by atoms with Gasteiger partial charge in [0.1, 0.15) is 0 Å². The first-order valence-electron chi connectivity index (χ1n) is 7.95. The summed E-state index contributed by atoms with van der Waals surface area (Å²) < 4.78 is 0. The number of rotatable bonds is 4. The Morgan fingerprint density at radius 1 is 1.24 bits per heavy atom. The molecule has 0 spiro atoms. The van der Waals surface area contributed by atoms with Crippen molar-refractivity contribution in [1.29, 1.82) is 0 Å². The monoisotopic (exact) mass is 287 g/mol. The van der Waals surface area contributed by atoms with Gasteiger partial charge in [-0.25, -0.2) is 0 Å². The molecule has 3 fully saturated rings. The van der Waals surface area contributed by atoms with Crippen molar-refractivity contribution in [2.24, 2.45) is 5.92 Å². The molecule has 3 aliphatic heterocycles. The zero-order chi connectivity index (χ0) is 14.8. The van der Waals surface area contributed by atoms with Crippen molar-refractivity contribution in [1.82, 2.24) is 10.2 Å². The Morgan fingerprint density at radius 3 is 2.48 bits per heavy atom. The molecule has 1 amide bonds. The van der Waals surface area contributed by atoms with Crippen LogP contribution in [0.3, 0.4) is 0 Å². The van der Waals surface area contributed by atoms with Crippen LogP contribution >= 0.6 is 0 Å². The van der Waals surface area contributed by atoms with Gasteiger partial charge in [0.25, 0.3) is 0 Å². The van der Waals surface area contributed by atoms with Gasteiger partial charge in [0.15, 0.2) is 0 Å². The first-order valence-corrected chi connectivity index (χ1v) is 7.95. The van der Waals surface area contributed by atoms with Crippen molar-refractivity contribution in [2.75, 3.05) is 31.5 Å². The molecule has 4 nitrogen and oxygen atoms in total. The van der Waals surface area contributed by atoms with Gasteiger partial charge >= 0.3 is 0 Å². The van der Waals surface area contributed by atoms with E-state index in [1.54, 1.807) is 0 Å². The maximum atomic E-state index is 12.2. The Bertz CT molecular complexity index is 501. The van der Waals surface area contributed by atoms with Crippen molar-refractivity contribution in [3.05, 3.63) is 29.3 Å². The van der Waals surface area contributed by atoms with Crippen LogP contribution in [0.2, 0.25) is 0 Å². The summed E-state index contributed by atoms with van der Waals surface area (Å²) in [5.41, 5.74) is 3.19. The summed E-state index contributed by atoms with van der Waals surface area (Å²) in [5, 5.41) is 6.51. The Hall–Kier alpha value is -1.39.